The van der Waals surface area contributed by atoms with Crippen LogP contribution in [0.4, 0.5) is 0 Å². The van der Waals surface area contributed by atoms with Gasteiger partial charge >= 0.3 is 0 Å². The molecule has 0 aliphatic carbocycles. The number of ether oxygens (including phenoxy) is 2. The lowest BCUT2D eigenvalue weighted by atomic mass is 10.3. The van der Waals surface area contributed by atoms with Crippen molar-refractivity contribution < 1.29 is 19.7 Å². The van der Waals surface area contributed by atoms with E-state index in [1.54, 1.807) is 0 Å². The van der Waals surface area contributed by atoms with Crippen LogP contribution in [0.15, 0.2) is 24.3 Å². The van der Waals surface area contributed by atoms with Crippen LogP contribution >= 0.6 is 0 Å². The molecule has 0 heterocycles. The molecule has 0 spiro atoms. The van der Waals surface area contributed by atoms with Gasteiger partial charge < -0.3 is 29.5 Å². The van der Waals surface area contributed by atoms with Gasteiger partial charge in [0.2, 0.25) is 0 Å². The van der Waals surface area contributed by atoms with Gasteiger partial charge in [0.1, 0.15) is 36.9 Å². The van der Waals surface area contributed by atoms with Crippen molar-refractivity contribution in [3.05, 3.63) is 24.3 Å². The predicted molar refractivity (Wildman–Crippen MR) is 105 cm³/mol. The third-order valence-corrected chi connectivity index (χ3v) is 4.44. The van der Waals surface area contributed by atoms with Gasteiger partial charge in [-0.15, -0.1) is 0 Å². The highest BCUT2D eigenvalue weighted by atomic mass is 16.5. The van der Waals surface area contributed by atoms with Crippen LogP contribution in [0.3, 0.4) is 0 Å². The topological polar surface area (TPSA) is 65.4 Å². The lowest BCUT2D eigenvalue weighted by Gasteiger charge is -2.22. The fourth-order valence-electron chi connectivity index (χ4n) is 2.68. The van der Waals surface area contributed by atoms with E-state index in [0.717, 1.165) is 26.2 Å². The molecule has 0 amide bonds. The number of rotatable bonds is 14. The minimum atomic E-state index is -0.513. The molecule has 0 saturated heterocycles. The first-order valence-corrected chi connectivity index (χ1v) is 9.68. The largest absolute Gasteiger partial charge is 0.491 e. The Labute approximate surface area is 158 Å². The number of hydrogen-bond donors (Lipinski definition) is 2. The lowest BCUT2D eigenvalue weighted by Crippen LogP contribution is -2.35. The molecule has 0 aromatic heterocycles. The van der Waals surface area contributed by atoms with Gasteiger partial charge in [-0.25, -0.2) is 0 Å². The van der Waals surface area contributed by atoms with Crippen molar-refractivity contribution >= 4 is 0 Å². The molecular formula is C20H36N2O4. The second kappa shape index (κ2) is 12.9. The van der Waals surface area contributed by atoms with Crippen molar-refractivity contribution in [2.24, 2.45) is 0 Å². The van der Waals surface area contributed by atoms with Crippen LogP contribution < -0.4 is 9.47 Å². The fourth-order valence-corrected chi connectivity index (χ4v) is 2.68. The molecule has 6 nitrogen and oxygen atoms in total. The smallest absolute Gasteiger partial charge is 0.119 e. The molecular weight excluding hydrogens is 332 g/mol. The number of aliphatic hydroxyl groups excluding tert-OH is 2. The van der Waals surface area contributed by atoms with Crippen molar-refractivity contribution in [2.75, 3.05) is 52.5 Å². The van der Waals surface area contributed by atoms with E-state index < -0.39 is 12.2 Å². The zero-order valence-electron chi connectivity index (χ0n) is 16.7. The summed E-state index contributed by atoms with van der Waals surface area (Å²) in [4.78, 5) is 4.32. The molecule has 0 aliphatic heterocycles. The summed E-state index contributed by atoms with van der Waals surface area (Å²) in [5.41, 5.74) is 0. The molecule has 1 aromatic rings. The highest BCUT2D eigenvalue weighted by molar-refractivity contribution is 5.31. The number of hydrogen-bond acceptors (Lipinski definition) is 6. The first-order chi connectivity index (χ1) is 12.5. The van der Waals surface area contributed by atoms with Gasteiger partial charge in [0.15, 0.2) is 0 Å². The van der Waals surface area contributed by atoms with E-state index in [4.69, 9.17) is 9.47 Å². The lowest BCUT2D eigenvalue weighted by molar-refractivity contribution is 0.0702. The van der Waals surface area contributed by atoms with Crippen molar-refractivity contribution in [1.29, 1.82) is 0 Å². The van der Waals surface area contributed by atoms with E-state index >= 15 is 0 Å². The van der Waals surface area contributed by atoms with Crippen molar-refractivity contribution in [1.82, 2.24) is 9.80 Å². The molecule has 0 fully saturated rings. The van der Waals surface area contributed by atoms with Gasteiger partial charge in [-0.05, 0) is 50.4 Å². The molecule has 0 bridgehead atoms. The molecule has 2 N–H and O–H groups in total. The molecule has 2 atom stereocenters. The second-order valence-electron chi connectivity index (χ2n) is 6.37. The van der Waals surface area contributed by atoms with E-state index in [2.05, 4.69) is 37.5 Å². The van der Waals surface area contributed by atoms with Crippen LogP contribution in [0, 0.1) is 0 Å². The van der Waals surface area contributed by atoms with Crippen LogP contribution in [0.1, 0.15) is 27.7 Å². The molecule has 1 aromatic carbocycles. The highest BCUT2D eigenvalue weighted by Crippen LogP contribution is 2.18. The van der Waals surface area contributed by atoms with Crippen molar-refractivity contribution in [3.8, 4) is 11.5 Å². The Hall–Kier alpha value is -1.34. The van der Waals surface area contributed by atoms with Gasteiger partial charge in [0.05, 0.1) is 0 Å². The van der Waals surface area contributed by atoms with E-state index in [1.807, 2.05) is 24.3 Å². The van der Waals surface area contributed by atoms with Gasteiger partial charge in [-0.2, -0.15) is 0 Å². The standard InChI is InChI=1S/C20H36N2O4/c1-5-21(6-2)13-17(23)15-25-19-9-11-20(12-10-19)26-16-18(24)14-22(7-3)8-4/h9-12,17-18,23-24H,5-8,13-16H2,1-4H3/t17-,18-/m0/s1. The first kappa shape index (κ1) is 22.7. The zero-order chi connectivity index (χ0) is 19.4. The third kappa shape index (κ3) is 8.85. The van der Waals surface area contributed by atoms with E-state index in [9.17, 15) is 10.2 Å². The van der Waals surface area contributed by atoms with Crippen LogP contribution in [-0.2, 0) is 0 Å². The van der Waals surface area contributed by atoms with Crippen molar-refractivity contribution in [3.63, 3.8) is 0 Å². The van der Waals surface area contributed by atoms with Crippen molar-refractivity contribution in [2.45, 2.75) is 39.9 Å². The molecule has 0 unspecified atom stereocenters. The van der Waals surface area contributed by atoms with Gasteiger partial charge in [0.25, 0.3) is 0 Å². The Bertz CT molecular complexity index is 418. The van der Waals surface area contributed by atoms with Gasteiger partial charge in [0, 0.05) is 13.1 Å². The molecule has 1 rings (SSSR count). The SMILES string of the molecule is CCN(CC)C[C@H](O)COc1ccc(OC[C@@H](O)CN(CC)CC)cc1. The maximum Gasteiger partial charge on any atom is 0.119 e. The van der Waals surface area contributed by atoms with Crippen LogP contribution in [-0.4, -0.2) is 84.7 Å². The molecule has 0 saturated carbocycles. The molecule has 150 valence electrons. The Kier molecular flexibility index (Phi) is 11.3. The highest BCUT2D eigenvalue weighted by Gasteiger charge is 2.11. The minimum absolute atomic E-state index is 0.263. The summed E-state index contributed by atoms with van der Waals surface area (Å²) in [6, 6.07) is 7.26. The minimum Gasteiger partial charge on any atom is -0.491 e. The maximum absolute atomic E-state index is 10.0. The maximum atomic E-state index is 10.0. The Morgan fingerprint density at radius 2 is 1.00 bits per heavy atom. The van der Waals surface area contributed by atoms with E-state index in [1.165, 1.54) is 0 Å². The monoisotopic (exact) mass is 368 g/mol. The summed E-state index contributed by atoms with van der Waals surface area (Å²) in [5.74, 6) is 1.39. The molecule has 6 heteroatoms. The second-order valence-corrected chi connectivity index (χ2v) is 6.37. The van der Waals surface area contributed by atoms with E-state index in [-0.39, 0.29) is 13.2 Å². The quantitative estimate of drug-likeness (QED) is 0.522. The average Bonchev–Trinajstić information content (AvgIpc) is 2.67. The van der Waals surface area contributed by atoms with Gasteiger partial charge in [-0.1, -0.05) is 27.7 Å². The number of likely N-dealkylation sites (N-methyl/N-ethyl adjacent to an activating group) is 2. The Balaban J connectivity index is 2.34. The van der Waals surface area contributed by atoms with Crippen LogP contribution in [0.5, 0.6) is 11.5 Å². The summed E-state index contributed by atoms with van der Waals surface area (Å²) in [7, 11) is 0. The van der Waals surface area contributed by atoms with Crippen LogP contribution in [0.2, 0.25) is 0 Å². The van der Waals surface area contributed by atoms with Gasteiger partial charge in [-0.3, -0.25) is 0 Å². The van der Waals surface area contributed by atoms with Crippen LogP contribution in [0.25, 0.3) is 0 Å². The normalized spacial score (nSPS) is 13.8. The number of nitrogens with zero attached hydrogens (tertiary/aromatic N) is 2. The molecule has 0 aliphatic rings. The first-order valence-electron chi connectivity index (χ1n) is 9.68. The predicted octanol–water partition coefficient (Wildman–Crippen LogP) is 1.85. The summed E-state index contributed by atoms with van der Waals surface area (Å²) < 4.78 is 11.3. The average molecular weight is 369 g/mol. The summed E-state index contributed by atoms with van der Waals surface area (Å²) in [5, 5.41) is 20.1. The summed E-state index contributed by atoms with van der Waals surface area (Å²) >= 11 is 0. The fraction of sp³-hybridized carbons (Fsp3) is 0.700. The Morgan fingerprint density at radius 1 is 0.692 bits per heavy atom. The number of benzene rings is 1. The third-order valence-electron chi connectivity index (χ3n) is 4.44. The summed E-state index contributed by atoms with van der Waals surface area (Å²) in [6.07, 6.45) is -1.03. The zero-order valence-corrected chi connectivity index (χ0v) is 16.7. The molecule has 0 radical (unpaired) electrons. The summed E-state index contributed by atoms with van der Waals surface area (Å²) in [6.45, 7) is 13.7. The Morgan fingerprint density at radius 3 is 1.27 bits per heavy atom. The molecule has 26 heavy (non-hydrogen) atoms. The number of aliphatic hydroxyl groups is 2. The van der Waals surface area contributed by atoms with E-state index in [0.29, 0.717) is 24.6 Å².